The molecule has 0 fully saturated rings. The second-order valence-electron chi connectivity index (χ2n) is 6.64. The van der Waals surface area contributed by atoms with Gasteiger partial charge in [-0.25, -0.2) is 4.68 Å². The summed E-state index contributed by atoms with van der Waals surface area (Å²) in [5, 5.41) is 4.77. The van der Waals surface area contributed by atoms with Crippen LogP contribution in [-0.2, 0) is 4.79 Å². The Kier molecular flexibility index (Phi) is 4.85. The van der Waals surface area contributed by atoms with E-state index in [2.05, 4.69) is 0 Å². The largest absolute Gasteiger partial charge is 0.486 e. The highest BCUT2D eigenvalue weighted by atomic mass is 16.6. The summed E-state index contributed by atoms with van der Waals surface area (Å²) in [4.78, 5) is 13.5. The molecule has 1 amide bonds. The van der Waals surface area contributed by atoms with Gasteiger partial charge in [-0.2, -0.15) is 5.10 Å². The molecule has 1 aromatic heterocycles. The van der Waals surface area contributed by atoms with Gasteiger partial charge < -0.3 is 14.4 Å². The first-order chi connectivity index (χ1) is 13.6. The third-order valence-corrected chi connectivity index (χ3v) is 4.43. The summed E-state index contributed by atoms with van der Waals surface area (Å²) in [7, 11) is 3.45. The van der Waals surface area contributed by atoms with E-state index < -0.39 is 0 Å². The summed E-state index contributed by atoms with van der Waals surface area (Å²) >= 11 is 0. The van der Waals surface area contributed by atoms with Gasteiger partial charge in [0.2, 0.25) is 5.91 Å². The predicted octanol–water partition coefficient (Wildman–Crippen LogP) is 3.41. The molecule has 4 rings (SSSR count). The lowest BCUT2D eigenvalue weighted by Gasteiger charge is -2.18. The van der Waals surface area contributed by atoms with Crippen molar-refractivity contribution >= 4 is 12.0 Å². The molecule has 0 bridgehead atoms. The van der Waals surface area contributed by atoms with Crippen molar-refractivity contribution in [3.8, 4) is 28.4 Å². The van der Waals surface area contributed by atoms with Gasteiger partial charge in [-0.3, -0.25) is 4.79 Å². The van der Waals surface area contributed by atoms with Crippen LogP contribution < -0.4 is 9.47 Å². The average Bonchev–Trinajstić information content (AvgIpc) is 3.16. The summed E-state index contributed by atoms with van der Waals surface area (Å²) in [5.41, 5.74) is 3.45. The van der Waals surface area contributed by atoms with Gasteiger partial charge in [-0.15, -0.1) is 0 Å². The van der Waals surface area contributed by atoms with Gasteiger partial charge in [-0.1, -0.05) is 18.2 Å². The van der Waals surface area contributed by atoms with Crippen LogP contribution in [0.1, 0.15) is 5.56 Å². The Bertz CT molecular complexity index is 1020. The van der Waals surface area contributed by atoms with E-state index in [9.17, 15) is 4.79 Å². The number of para-hydroxylation sites is 1. The lowest BCUT2D eigenvalue weighted by atomic mass is 10.1. The minimum atomic E-state index is -0.0828. The van der Waals surface area contributed by atoms with Crippen molar-refractivity contribution in [2.45, 2.75) is 0 Å². The summed E-state index contributed by atoms with van der Waals surface area (Å²) in [5.74, 6) is 1.36. The molecule has 0 N–H and O–H groups in total. The van der Waals surface area contributed by atoms with Crippen LogP contribution in [0.2, 0.25) is 0 Å². The Balaban J connectivity index is 1.78. The maximum absolute atomic E-state index is 12.0. The van der Waals surface area contributed by atoms with E-state index >= 15 is 0 Å². The first-order valence-corrected chi connectivity index (χ1v) is 9.06. The molecular weight excluding hydrogens is 354 g/mol. The van der Waals surface area contributed by atoms with E-state index in [0.29, 0.717) is 19.0 Å². The standard InChI is InChI=1S/C22H21N3O3/c1-24(2)21(26)11-9-17-15-25(18-6-4-3-5-7-18)23-22(17)16-8-10-19-20(14-16)28-13-12-27-19/h3-11,14-15H,12-13H2,1-2H3/b11-9+. The molecule has 6 nitrogen and oxygen atoms in total. The van der Waals surface area contributed by atoms with Crippen molar-refractivity contribution in [1.82, 2.24) is 14.7 Å². The smallest absolute Gasteiger partial charge is 0.246 e. The van der Waals surface area contributed by atoms with E-state index in [1.165, 1.54) is 4.90 Å². The molecule has 0 aliphatic carbocycles. The third-order valence-electron chi connectivity index (χ3n) is 4.43. The molecule has 1 aliphatic rings. The van der Waals surface area contributed by atoms with Crippen LogP contribution >= 0.6 is 0 Å². The first-order valence-electron chi connectivity index (χ1n) is 9.06. The van der Waals surface area contributed by atoms with E-state index in [-0.39, 0.29) is 5.91 Å². The molecule has 2 heterocycles. The van der Waals surface area contributed by atoms with Gasteiger partial charge in [0, 0.05) is 37.5 Å². The number of rotatable bonds is 4. The van der Waals surface area contributed by atoms with Crippen molar-refractivity contribution in [3.05, 3.63) is 66.4 Å². The van der Waals surface area contributed by atoms with Crippen LogP contribution in [0.5, 0.6) is 11.5 Å². The minimum Gasteiger partial charge on any atom is -0.486 e. The molecule has 0 radical (unpaired) electrons. The number of hydrogen-bond donors (Lipinski definition) is 0. The van der Waals surface area contributed by atoms with Gasteiger partial charge in [0.05, 0.1) is 5.69 Å². The van der Waals surface area contributed by atoms with Crippen LogP contribution in [0.25, 0.3) is 23.0 Å². The Morgan fingerprint density at radius 2 is 1.82 bits per heavy atom. The molecule has 28 heavy (non-hydrogen) atoms. The van der Waals surface area contributed by atoms with Crippen molar-refractivity contribution in [2.75, 3.05) is 27.3 Å². The van der Waals surface area contributed by atoms with Gasteiger partial charge in [0.25, 0.3) is 0 Å². The van der Waals surface area contributed by atoms with Crippen LogP contribution in [0.4, 0.5) is 0 Å². The fourth-order valence-corrected chi connectivity index (χ4v) is 2.95. The monoisotopic (exact) mass is 375 g/mol. The number of carbonyl (C=O) groups is 1. The van der Waals surface area contributed by atoms with Gasteiger partial charge >= 0.3 is 0 Å². The number of amides is 1. The van der Waals surface area contributed by atoms with E-state index in [1.54, 1.807) is 26.2 Å². The van der Waals surface area contributed by atoms with Crippen molar-refractivity contribution in [1.29, 1.82) is 0 Å². The summed E-state index contributed by atoms with van der Waals surface area (Å²) in [6, 6.07) is 15.6. The van der Waals surface area contributed by atoms with Crippen molar-refractivity contribution < 1.29 is 14.3 Å². The highest BCUT2D eigenvalue weighted by Crippen LogP contribution is 2.35. The van der Waals surface area contributed by atoms with E-state index in [0.717, 1.165) is 28.3 Å². The zero-order valence-corrected chi connectivity index (χ0v) is 15.8. The Morgan fingerprint density at radius 3 is 2.57 bits per heavy atom. The van der Waals surface area contributed by atoms with Gasteiger partial charge in [-0.05, 0) is 36.4 Å². The fourth-order valence-electron chi connectivity index (χ4n) is 2.95. The van der Waals surface area contributed by atoms with Crippen LogP contribution in [0, 0.1) is 0 Å². The highest BCUT2D eigenvalue weighted by molar-refractivity contribution is 5.92. The minimum absolute atomic E-state index is 0.0828. The van der Waals surface area contributed by atoms with Gasteiger partial charge in [0.1, 0.15) is 18.9 Å². The van der Waals surface area contributed by atoms with E-state index in [1.807, 2.05) is 59.4 Å². The van der Waals surface area contributed by atoms with Crippen LogP contribution in [0.3, 0.4) is 0 Å². The molecule has 1 aliphatic heterocycles. The first kappa shape index (κ1) is 17.9. The number of likely N-dealkylation sites (N-methyl/N-ethyl adjacent to an activating group) is 1. The van der Waals surface area contributed by atoms with Crippen LogP contribution in [0.15, 0.2) is 60.8 Å². The summed E-state index contributed by atoms with van der Waals surface area (Å²) in [6.07, 6.45) is 5.26. The molecule has 2 aromatic carbocycles. The number of hydrogen-bond acceptors (Lipinski definition) is 4. The Labute approximate surface area is 163 Å². The SMILES string of the molecule is CN(C)C(=O)/C=C/c1cn(-c2ccccc2)nc1-c1ccc2c(c1)OCCO2. The molecule has 3 aromatic rings. The third kappa shape index (κ3) is 3.62. The number of carbonyl (C=O) groups excluding carboxylic acids is 1. The molecule has 0 saturated heterocycles. The second kappa shape index (κ2) is 7.60. The number of ether oxygens (including phenoxy) is 2. The van der Waals surface area contributed by atoms with Crippen molar-refractivity contribution in [2.24, 2.45) is 0 Å². The maximum atomic E-state index is 12.0. The molecule has 142 valence electrons. The predicted molar refractivity (Wildman–Crippen MR) is 108 cm³/mol. The number of nitrogens with zero attached hydrogens (tertiary/aromatic N) is 3. The molecule has 0 unspecified atom stereocenters. The molecule has 0 spiro atoms. The average molecular weight is 375 g/mol. The Hall–Kier alpha value is -3.54. The van der Waals surface area contributed by atoms with E-state index in [4.69, 9.17) is 14.6 Å². The molecule has 0 atom stereocenters. The normalized spacial score (nSPS) is 12.9. The number of aromatic nitrogens is 2. The fraction of sp³-hybridized carbons (Fsp3) is 0.182. The molecular formula is C22H21N3O3. The zero-order valence-electron chi connectivity index (χ0n) is 15.8. The quantitative estimate of drug-likeness (QED) is 0.656. The number of benzene rings is 2. The number of fused-ring (bicyclic) bond motifs is 1. The zero-order chi connectivity index (χ0) is 19.5. The maximum Gasteiger partial charge on any atom is 0.246 e. The van der Waals surface area contributed by atoms with Gasteiger partial charge in [0.15, 0.2) is 11.5 Å². The lowest BCUT2D eigenvalue weighted by molar-refractivity contribution is -0.123. The van der Waals surface area contributed by atoms with Crippen LogP contribution in [-0.4, -0.2) is 47.9 Å². The molecule has 6 heteroatoms. The van der Waals surface area contributed by atoms with Crippen molar-refractivity contribution in [3.63, 3.8) is 0 Å². The summed E-state index contributed by atoms with van der Waals surface area (Å²) < 4.78 is 13.1. The lowest BCUT2D eigenvalue weighted by Crippen LogP contribution is -2.18. The molecule has 0 saturated carbocycles. The summed E-state index contributed by atoms with van der Waals surface area (Å²) in [6.45, 7) is 1.08. The highest BCUT2D eigenvalue weighted by Gasteiger charge is 2.16. The Morgan fingerprint density at radius 1 is 1.07 bits per heavy atom. The topological polar surface area (TPSA) is 56.6 Å². The second-order valence-corrected chi connectivity index (χ2v) is 6.64.